The normalized spacial score (nSPS) is 10.1. The van der Waals surface area contributed by atoms with Crippen molar-refractivity contribution in [1.82, 2.24) is 9.78 Å². The van der Waals surface area contributed by atoms with Gasteiger partial charge in [0.15, 0.2) is 0 Å². The quantitative estimate of drug-likeness (QED) is 0.728. The molecule has 0 aliphatic rings. The first-order valence-corrected chi connectivity index (χ1v) is 4.70. The summed E-state index contributed by atoms with van der Waals surface area (Å²) in [6.45, 7) is 0. The van der Waals surface area contributed by atoms with Crippen LogP contribution in [0.4, 0.5) is 0 Å². The molecule has 3 heteroatoms. The lowest BCUT2D eigenvalue weighted by molar-refractivity contribution is 0.880. The van der Waals surface area contributed by atoms with Crippen molar-refractivity contribution in [3.05, 3.63) is 46.3 Å². The van der Waals surface area contributed by atoms with E-state index in [1.54, 1.807) is 6.20 Å². The third-order valence-corrected chi connectivity index (χ3v) is 2.31. The molecule has 1 heterocycles. The van der Waals surface area contributed by atoms with Gasteiger partial charge in [0.25, 0.3) is 0 Å². The Bertz CT molecular complexity index is 351. The van der Waals surface area contributed by atoms with Gasteiger partial charge in [-0.25, -0.2) is 4.68 Å². The molecule has 0 unspecified atom stereocenters. The molecule has 60 valence electrons. The minimum atomic E-state index is 1.10. The maximum absolute atomic E-state index is 4.13. The highest BCUT2D eigenvalue weighted by Crippen LogP contribution is 2.09. The topological polar surface area (TPSA) is 17.8 Å². The van der Waals surface area contributed by atoms with E-state index in [9.17, 15) is 0 Å². The third-order valence-electron chi connectivity index (χ3n) is 1.60. The molecule has 1 aromatic carbocycles. The predicted octanol–water partition coefficient (Wildman–Crippen LogP) is 2.48. The fraction of sp³-hybridized carbons (Fsp3) is 0. The SMILES string of the molecule is Ic1ccc(-n2cccn2)cc1. The highest BCUT2D eigenvalue weighted by molar-refractivity contribution is 14.1. The van der Waals surface area contributed by atoms with Gasteiger partial charge in [-0.1, -0.05) is 0 Å². The van der Waals surface area contributed by atoms with Gasteiger partial charge in [-0.3, -0.25) is 0 Å². The van der Waals surface area contributed by atoms with Crippen LogP contribution in [0, 0.1) is 3.57 Å². The maximum Gasteiger partial charge on any atom is 0.0646 e. The van der Waals surface area contributed by atoms with Gasteiger partial charge in [-0.2, -0.15) is 5.10 Å². The zero-order valence-corrected chi connectivity index (χ0v) is 8.47. The summed E-state index contributed by atoms with van der Waals surface area (Å²) in [4.78, 5) is 0. The summed E-state index contributed by atoms with van der Waals surface area (Å²) >= 11 is 2.28. The third kappa shape index (κ3) is 1.50. The Morgan fingerprint density at radius 1 is 1.17 bits per heavy atom. The molecule has 1 aromatic heterocycles. The Hall–Kier alpha value is -0.840. The zero-order valence-electron chi connectivity index (χ0n) is 6.31. The van der Waals surface area contributed by atoms with Crippen molar-refractivity contribution in [2.75, 3.05) is 0 Å². The highest BCUT2D eigenvalue weighted by atomic mass is 127. The van der Waals surface area contributed by atoms with Crippen LogP contribution in [0.5, 0.6) is 0 Å². The van der Waals surface area contributed by atoms with Crippen molar-refractivity contribution >= 4 is 22.6 Å². The first-order chi connectivity index (χ1) is 5.86. The van der Waals surface area contributed by atoms with Crippen LogP contribution in [-0.4, -0.2) is 9.78 Å². The minimum absolute atomic E-state index is 1.10. The Morgan fingerprint density at radius 2 is 1.92 bits per heavy atom. The van der Waals surface area contributed by atoms with Crippen molar-refractivity contribution < 1.29 is 0 Å². The molecular weight excluding hydrogens is 263 g/mol. The van der Waals surface area contributed by atoms with E-state index in [1.807, 2.05) is 16.9 Å². The van der Waals surface area contributed by atoms with E-state index in [2.05, 4.69) is 52.0 Å². The number of hydrogen-bond donors (Lipinski definition) is 0. The van der Waals surface area contributed by atoms with Gasteiger partial charge in [0.1, 0.15) is 0 Å². The highest BCUT2D eigenvalue weighted by Gasteiger charge is 1.93. The molecule has 0 atom stereocenters. The molecule has 0 radical (unpaired) electrons. The van der Waals surface area contributed by atoms with E-state index < -0.39 is 0 Å². The van der Waals surface area contributed by atoms with Crippen LogP contribution in [0.15, 0.2) is 42.7 Å². The minimum Gasteiger partial charge on any atom is -0.241 e. The lowest BCUT2D eigenvalue weighted by Crippen LogP contribution is -1.92. The van der Waals surface area contributed by atoms with Gasteiger partial charge in [0.05, 0.1) is 5.69 Å². The van der Waals surface area contributed by atoms with Gasteiger partial charge in [-0.05, 0) is 52.9 Å². The Kier molecular flexibility index (Phi) is 2.12. The number of rotatable bonds is 1. The average Bonchev–Trinajstić information content (AvgIpc) is 2.58. The molecule has 0 N–H and O–H groups in total. The summed E-state index contributed by atoms with van der Waals surface area (Å²) in [5.41, 5.74) is 1.10. The van der Waals surface area contributed by atoms with Crippen molar-refractivity contribution in [2.45, 2.75) is 0 Å². The van der Waals surface area contributed by atoms with Crippen LogP contribution in [0.3, 0.4) is 0 Å². The number of nitrogens with zero attached hydrogens (tertiary/aromatic N) is 2. The summed E-state index contributed by atoms with van der Waals surface area (Å²) in [5, 5.41) is 4.13. The molecule has 0 aliphatic heterocycles. The molecular formula is C9H7IN2. The molecule has 2 rings (SSSR count). The molecule has 0 aliphatic carbocycles. The lowest BCUT2D eigenvalue weighted by atomic mass is 10.3. The molecule has 12 heavy (non-hydrogen) atoms. The van der Waals surface area contributed by atoms with Crippen molar-refractivity contribution in [3.63, 3.8) is 0 Å². The van der Waals surface area contributed by atoms with E-state index in [4.69, 9.17) is 0 Å². The predicted molar refractivity (Wildman–Crippen MR) is 56.3 cm³/mol. The van der Waals surface area contributed by atoms with E-state index >= 15 is 0 Å². The number of halogens is 1. The fourth-order valence-electron chi connectivity index (χ4n) is 1.02. The summed E-state index contributed by atoms with van der Waals surface area (Å²) in [7, 11) is 0. The molecule has 0 bridgehead atoms. The fourth-order valence-corrected chi connectivity index (χ4v) is 1.37. The van der Waals surface area contributed by atoms with E-state index in [-0.39, 0.29) is 0 Å². The van der Waals surface area contributed by atoms with Crippen molar-refractivity contribution in [3.8, 4) is 5.69 Å². The molecule has 0 fully saturated rings. The maximum atomic E-state index is 4.13. The van der Waals surface area contributed by atoms with Gasteiger partial charge < -0.3 is 0 Å². The lowest BCUT2D eigenvalue weighted by Gasteiger charge is -1.99. The van der Waals surface area contributed by atoms with Crippen LogP contribution in [0.2, 0.25) is 0 Å². The van der Waals surface area contributed by atoms with Gasteiger partial charge in [0, 0.05) is 16.0 Å². The zero-order chi connectivity index (χ0) is 8.39. The smallest absolute Gasteiger partial charge is 0.0646 e. The average molecular weight is 270 g/mol. The number of hydrogen-bond acceptors (Lipinski definition) is 1. The van der Waals surface area contributed by atoms with Gasteiger partial charge >= 0.3 is 0 Å². The largest absolute Gasteiger partial charge is 0.241 e. The van der Waals surface area contributed by atoms with Crippen LogP contribution in [0.1, 0.15) is 0 Å². The summed E-state index contributed by atoms with van der Waals surface area (Å²) in [6, 6.07) is 10.1. The van der Waals surface area contributed by atoms with Gasteiger partial charge in [0.2, 0.25) is 0 Å². The summed E-state index contributed by atoms with van der Waals surface area (Å²) in [5.74, 6) is 0. The molecule has 0 saturated carbocycles. The van der Waals surface area contributed by atoms with Crippen molar-refractivity contribution in [2.24, 2.45) is 0 Å². The van der Waals surface area contributed by atoms with Crippen LogP contribution >= 0.6 is 22.6 Å². The molecule has 0 amide bonds. The monoisotopic (exact) mass is 270 g/mol. The second kappa shape index (κ2) is 3.26. The summed E-state index contributed by atoms with van der Waals surface area (Å²) < 4.78 is 3.08. The van der Waals surface area contributed by atoms with E-state index in [1.165, 1.54) is 3.57 Å². The molecule has 2 nitrogen and oxygen atoms in total. The first-order valence-electron chi connectivity index (χ1n) is 3.62. The second-order valence-corrected chi connectivity index (χ2v) is 3.67. The molecule has 0 saturated heterocycles. The molecule has 2 aromatic rings. The van der Waals surface area contributed by atoms with Gasteiger partial charge in [-0.15, -0.1) is 0 Å². The Labute approximate surface area is 84.4 Å². The Balaban J connectivity index is 2.43. The van der Waals surface area contributed by atoms with E-state index in [0.29, 0.717) is 0 Å². The summed E-state index contributed by atoms with van der Waals surface area (Å²) in [6.07, 6.45) is 3.71. The Morgan fingerprint density at radius 3 is 2.50 bits per heavy atom. The van der Waals surface area contributed by atoms with Crippen LogP contribution in [0.25, 0.3) is 5.69 Å². The first kappa shape index (κ1) is 7.79. The number of aromatic nitrogens is 2. The molecule has 0 spiro atoms. The second-order valence-electron chi connectivity index (χ2n) is 2.43. The standard InChI is InChI=1S/C9H7IN2/c10-8-2-4-9(5-3-8)12-7-1-6-11-12/h1-7H. The van der Waals surface area contributed by atoms with Crippen molar-refractivity contribution in [1.29, 1.82) is 0 Å². The van der Waals surface area contributed by atoms with Crippen LogP contribution in [-0.2, 0) is 0 Å². The number of benzene rings is 1. The van der Waals surface area contributed by atoms with Crippen LogP contribution < -0.4 is 0 Å². The van der Waals surface area contributed by atoms with E-state index in [0.717, 1.165) is 5.69 Å².